The van der Waals surface area contributed by atoms with Crippen molar-refractivity contribution in [2.24, 2.45) is 0 Å². The molecule has 5 nitrogen and oxygen atoms in total. The van der Waals surface area contributed by atoms with Crippen LogP contribution in [-0.4, -0.2) is 13.0 Å². The van der Waals surface area contributed by atoms with E-state index in [1.807, 2.05) is 0 Å². The van der Waals surface area contributed by atoms with E-state index in [1.165, 1.54) is 6.07 Å². The van der Waals surface area contributed by atoms with Crippen LogP contribution in [0.25, 0.3) is 0 Å². The number of hydrogen-bond donors (Lipinski definition) is 1. The molecule has 0 atom stereocenters. The van der Waals surface area contributed by atoms with Crippen LogP contribution in [0.5, 0.6) is 17.2 Å². The van der Waals surface area contributed by atoms with Gasteiger partial charge in [-0.05, 0) is 30.5 Å². The smallest absolute Gasteiger partial charge is 0.870 e. The number of para-hydroxylation sites is 1. The Morgan fingerprint density at radius 1 is 1.08 bits per heavy atom. The third-order valence-corrected chi connectivity index (χ3v) is 4.61. The summed E-state index contributed by atoms with van der Waals surface area (Å²) in [6.07, 6.45) is 4.23. The Morgan fingerprint density at radius 3 is 2.36 bits per heavy atom. The average molecular weight is 389 g/mol. The first-order valence-corrected chi connectivity index (χ1v) is 9.40. The molecule has 0 aromatic heterocycles. The first kappa shape index (κ1) is 22.6. The van der Waals surface area contributed by atoms with Crippen LogP contribution >= 0.6 is 0 Å². The van der Waals surface area contributed by atoms with Gasteiger partial charge in [0.05, 0.1) is 0 Å². The topological polar surface area (TPSA) is 86.7 Å². The van der Waals surface area contributed by atoms with Crippen LogP contribution < -0.4 is 61.2 Å². The second-order valence-electron chi connectivity index (χ2n) is 5.61. The summed E-state index contributed by atoms with van der Waals surface area (Å²) in [5.41, 5.74) is 0.332. The Labute approximate surface area is 191 Å². The number of benzene rings is 2. The molecule has 0 radical (unpaired) electrons. The molecule has 2 rings (SSSR count). The SMILES string of the molecule is CCCCCCc1cc([O-])c(Oc2ccccc2)cc1S(=O)(=O)O.[K+]. The summed E-state index contributed by atoms with van der Waals surface area (Å²) < 4.78 is 38.2. The molecule has 0 aliphatic carbocycles. The van der Waals surface area contributed by atoms with E-state index >= 15 is 0 Å². The molecule has 0 unspecified atom stereocenters. The molecule has 0 saturated heterocycles. The summed E-state index contributed by atoms with van der Waals surface area (Å²) in [7, 11) is -4.43. The summed E-state index contributed by atoms with van der Waals surface area (Å²) in [5, 5.41) is 12.2. The summed E-state index contributed by atoms with van der Waals surface area (Å²) in [5.74, 6) is -0.102. The van der Waals surface area contributed by atoms with E-state index in [1.54, 1.807) is 30.3 Å². The van der Waals surface area contributed by atoms with E-state index in [0.29, 0.717) is 17.7 Å². The van der Waals surface area contributed by atoms with Crippen molar-refractivity contribution in [1.29, 1.82) is 0 Å². The van der Waals surface area contributed by atoms with Gasteiger partial charge in [0.25, 0.3) is 10.1 Å². The van der Waals surface area contributed by atoms with Gasteiger partial charge in [0.1, 0.15) is 16.4 Å². The Bertz CT molecular complexity index is 776. The molecule has 2 aromatic carbocycles. The van der Waals surface area contributed by atoms with Crippen LogP contribution in [0.1, 0.15) is 38.2 Å². The number of unbranched alkanes of at least 4 members (excludes halogenated alkanes) is 3. The van der Waals surface area contributed by atoms with Gasteiger partial charge >= 0.3 is 51.4 Å². The maximum absolute atomic E-state index is 12.2. The van der Waals surface area contributed by atoms with E-state index in [0.717, 1.165) is 31.7 Å². The van der Waals surface area contributed by atoms with E-state index in [4.69, 9.17) is 4.74 Å². The third kappa shape index (κ3) is 7.01. The quantitative estimate of drug-likeness (QED) is 0.413. The molecule has 1 N–H and O–H groups in total. The van der Waals surface area contributed by atoms with Crippen molar-refractivity contribution in [2.75, 3.05) is 0 Å². The molecule has 0 spiro atoms. The van der Waals surface area contributed by atoms with E-state index in [-0.39, 0.29) is 62.0 Å². The van der Waals surface area contributed by atoms with E-state index in [9.17, 15) is 18.1 Å². The van der Waals surface area contributed by atoms with E-state index in [2.05, 4.69) is 6.92 Å². The molecular formula is C18H21KO5S. The normalized spacial score (nSPS) is 11.0. The number of ether oxygens (including phenoxy) is 1. The van der Waals surface area contributed by atoms with Crippen LogP contribution in [0.2, 0.25) is 0 Å². The summed E-state index contributed by atoms with van der Waals surface area (Å²) in [4.78, 5) is -0.260. The zero-order valence-corrected chi connectivity index (χ0v) is 18.5. The summed E-state index contributed by atoms with van der Waals surface area (Å²) in [6.45, 7) is 2.08. The number of aryl methyl sites for hydroxylation is 1. The van der Waals surface area contributed by atoms with Gasteiger partial charge in [-0.25, -0.2) is 0 Å². The summed E-state index contributed by atoms with van der Waals surface area (Å²) >= 11 is 0. The zero-order valence-electron chi connectivity index (χ0n) is 14.6. The van der Waals surface area contributed by atoms with E-state index < -0.39 is 15.9 Å². The average Bonchev–Trinajstić information content (AvgIpc) is 2.53. The maximum Gasteiger partial charge on any atom is 1.00 e. The van der Waals surface area contributed by atoms with Gasteiger partial charge in [0.15, 0.2) is 0 Å². The molecule has 0 aliphatic heterocycles. The first-order valence-electron chi connectivity index (χ1n) is 7.96. The standard InChI is InChI=1S/C18H22O5S.K/c1-2-3-4-6-9-14-12-16(19)17(13-18(14)24(20,21)22)23-15-10-7-5-8-11-15;/h5,7-8,10-13,19H,2-4,6,9H2,1H3,(H,20,21,22);/q;+1/p-1. The van der Waals surface area contributed by atoms with Crippen molar-refractivity contribution in [2.45, 2.75) is 43.9 Å². The van der Waals surface area contributed by atoms with Crippen molar-refractivity contribution < 1.29 is 74.2 Å². The molecule has 25 heavy (non-hydrogen) atoms. The number of rotatable bonds is 8. The Hall–Kier alpha value is -0.414. The third-order valence-electron chi connectivity index (χ3n) is 3.68. The predicted octanol–water partition coefficient (Wildman–Crippen LogP) is 0.926. The molecule has 130 valence electrons. The van der Waals surface area contributed by atoms with Crippen LogP contribution in [0, 0.1) is 0 Å². The van der Waals surface area contributed by atoms with Gasteiger partial charge in [-0.3, -0.25) is 4.55 Å². The van der Waals surface area contributed by atoms with Crippen molar-refractivity contribution in [1.82, 2.24) is 0 Å². The van der Waals surface area contributed by atoms with Gasteiger partial charge in [-0.2, -0.15) is 8.42 Å². The molecule has 0 bridgehead atoms. The molecule has 0 aliphatic rings. The largest absolute Gasteiger partial charge is 1.00 e. The molecule has 0 saturated carbocycles. The van der Waals surface area contributed by atoms with Gasteiger partial charge in [0, 0.05) is 6.07 Å². The molecular weight excluding hydrogens is 367 g/mol. The van der Waals surface area contributed by atoms with Crippen LogP contribution in [0.4, 0.5) is 0 Å². The second kappa shape index (κ2) is 10.7. The first-order chi connectivity index (χ1) is 11.4. The Balaban J connectivity index is 0.00000312. The van der Waals surface area contributed by atoms with Gasteiger partial charge in [-0.15, -0.1) is 0 Å². The molecule has 0 heterocycles. The van der Waals surface area contributed by atoms with Gasteiger partial charge in [-0.1, -0.05) is 56.2 Å². The molecule has 2 aromatic rings. The van der Waals surface area contributed by atoms with Gasteiger partial charge < -0.3 is 9.84 Å². The second-order valence-corrected chi connectivity index (χ2v) is 7.00. The van der Waals surface area contributed by atoms with Crippen molar-refractivity contribution in [3.05, 3.63) is 48.0 Å². The molecule has 7 heteroatoms. The minimum Gasteiger partial charge on any atom is -0.870 e. The fraction of sp³-hybridized carbons (Fsp3) is 0.333. The van der Waals surface area contributed by atoms with Gasteiger partial charge in [0.2, 0.25) is 0 Å². The molecule has 0 fully saturated rings. The molecule has 0 amide bonds. The monoisotopic (exact) mass is 388 g/mol. The minimum atomic E-state index is -4.43. The Kier molecular flexibility index (Phi) is 9.65. The predicted molar refractivity (Wildman–Crippen MR) is 90.1 cm³/mol. The van der Waals surface area contributed by atoms with Crippen LogP contribution in [-0.2, 0) is 16.5 Å². The van der Waals surface area contributed by atoms with Crippen molar-refractivity contribution in [3.8, 4) is 17.2 Å². The van der Waals surface area contributed by atoms with Crippen molar-refractivity contribution >= 4 is 10.1 Å². The summed E-state index contributed by atoms with van der Waals surface area (Å²) in [6, 6.07) is 11.0. The fourth-order valence-corrected chi connectivity index (χ4v) is 3.20. The van der Waals surface area contributed by atoms with Crippen molar-refractivity contribution in [3.63, 3.8) is 0 Å². The van der Waals surface area contributed by atoms with Crippen LogP contribution in [0.3, 0.4) is 0 Å². The Morgan fingerprint density at radius 2 is 1.76 bits per heavy atom. The maximum atomic E-state index is 12.2. The number of hydrogen-bond acceptors (Lipinski definition) is 4. The minimum absolute atomic E-state index is 0. The zero-order chi connectivity index (χ0) is 17.6. The fourth-order valence-electron chi connectivity index (χ4n) is 2.46. The van der Waals surface area contributed by atoms with Crippen LogP contribution in [0.15, 0.2) is 47.4 Å².